The number of anilines is 1. The number of amides is 1. The van der Waals surface area contributed by atoms with E-state index in [2.05, 4.69) is 40.0 Å². The molecule has 0 bridgehead atoms. The Morgan fingerprint density at radius 1 is 1.20 bits per heavy atom. The average molecular weight is 403 g/mol. The van der Waals surface area contributed by atoms with Crippen molar-refractivity contribution in [3.63, 3.8) is 0 Å². The zero-order valence-electron chi connectivity index (χ0n) is 14.8. The van der Waals surface area contributed by atoms with Gasteiger partial charge in [0.15, 0.2) is 6.10 Å². The van der Waals surface area contributed by atoms with Crippen LogP contribution in [0.15, 0.2) is 46.9 Å². The Kier molecular flexibility index (Phi) is 5.33. The Morgan fingerprint density at radius 3 is 2.72 bits per heavy atom. The van der Waals surface area contributed by atoms with E-state index in [0.29, 0.717) is 18.8 Å². The van der Waals surface area contributed by atoms with Crippen LogP contribution in [0.4, 0.5) is 5.69 Å². The number of rotatable bonds is 3. The minimum atomic E-state index is -0.533. The second kappa shape index (κ2) is 7.48. The van der Waals surface area contributed by atoms with E-state index in [1.165, 1.54) is 11.3 Å². The fourth-order valence-electron chi connectivity index (χ4n) is 3.08. The molecule has 0 fully saturated rings. The van der Waals surface area contributed by atoms with Gasteiger partial charge in [0.05, 0.1) is 4.47 Å². The summed E-state index contributed by atoms with van der Waals surface area (Å²) in [7, 11) is 2.07. The van der Waals surface area contributed by atoms with Crippen LogP contribution in [0.1, 0.15) is 18.1 Å². The first-order valence-electron chi connectivity index (χ1n) is 8.46. The summed E-state index contributed by atoms with van der Waals surface area (Å²) in [5, 5.41) is 0. The van der Waals surface area contributed by atoms with Crippen molar-refractivity contribution in [2.45, 2.75) is 26.5 Å². The van der Waals surface area contributed by atoms with E-state index in [0.717, 1.165) is 16.6 Å². The van der Waals surface area contributed by atoms with Gasteiger partial charge in [0, 0.05) is 32.4 Å². The molecule has 1 heterocycles. The maximum Gasteiger partial charge on any atom is 0.263 e. The van der Waals surface area contributed by atoms with Crippen LogP contribution in [0.25, 0.3) is 0 Å². The minimum absolute atomic E-state index is 0.0116. The van der Waals surface area contributed by atoms with Crippen molar-refractivity contribution in [3.8, 4) is 5.75 Å². The number of para-hydroxylation sites is 1. The third kappa shape index (κ3) is 3.98. The van der Waals surface area contributed by atoms with Gasteiger partial charge in [-0.05, 0) is 59.1 Å². The van der Waals surface area contributed by atoms with Crippen LogP contribution in [0.2, 0.25) is 0 Å². The van der Waals surface area contributed by atoms with Crippen molar-refractivity contribution in [2.75, 3.05) is 25.0 Å². The first-order chi connectivity index (χ1) is 12.0. The summed E-state index contributed by atoms with van der Waals surface area (Å²) >= 11 is 3.51. The Labute approximate surface area is 157 Å². The van der Waals surface area contributed by atoms with Crippen LogP contribution >= 0.6 is 15.9 Å². The molecule has 1 aliphatic heterocycles. The highest BCUT2D eigenvalue weighted by atomic mass is 79.9. The van der Waals surface area contributed by atoms with Crippen molar-refractivity contribution in [3.05, 3.63) is 58.1 Å². The molecule has 3 rings (SSSR count). The highest BCUT2D eigenvalue weighted by Gasteiger charge is 2.26. The van der Waals surface area contributed by atoms with E-state index in [9.17, 15) is 4.79 Å². The van der Waals surface area contributed by atoms with Crippen LogP contribution in [0.5, 0.6) is 5.75 Å². The molecule has 1 atom stereocenters. The van der Waals surface area contributed by atoms with E-state index in [1.54, 1.807) is 0 Å². The number of carbonyl (C=O) groups excluding carboxylic acids is 1. The molecule has 0 saturated carbocycles. The molecule has 1 aliphatic rings. The lowest BCUT2D eigenvalue weighted by Crippen LogP contribution is -2.41. The smallest absolute Gasteiger partial charge is 0.263 e. The molecule has 0 aromatic heterocycles. The average Bonchev–Trinajstić information content (AvgIpc) is 2.76. The van der Waals surface area contributed by atoms with E-state index in [-0.39, 0.29) is 5.91 Å². The number of hydrogen-bond donors (Lipinski definition) is 0. The number of ether oxygens (including phenoxy) is 1. The van der Waals surface area contributed by atoms with Gasteiger partial charge in [0.25, 0.3) is 5.91 Å². The first kappa shape index (κ1) is 17.8. The molecular formula is C20H23BrN2O2. The van der Waals surface area contributed by atoms with Gasteiger partial charge >= 0.3 is 0 Å². The summed E-state index contributed by atoms with van der Waals surface area (Å²) in [6.07, 6.45) is -0.533. The molecular weight excluding hydrogens is 380 g/mol. The Bertz CT molecular complexity index is 778. The molecule has 2 aromatic rings. The summed E-state index contributed by atoms with van der Waals surface area (Å²) in [6.45, 7) is 5.95. The third-order valence-corrected chi connectivity index (χ3v) is 5.14. The molecule has 2 aromatic carbocycles. The quantitative estimate of drug-likeness (QED) is 0.777. The summed E-state index contributed by atoms with van der Waals surface area (Å²) in [6, 6.07) is 14.1. The maximum atomic E-state index is 12.9. The van der Waals surface area contributed by atoms with Gasteiger partial charge in [-0.2, -0.15) is 0 Å². The molecule has 25 heavy (non-hydrogen) atoms. The van der Waals surface area contributed by atoms with Gasteiger partial charge in [-0.15, -0.1) is 0 Å². The zero-order chi connectivity index (χ0) is 18.0. The predicted octanol–water partition coefficient (Wildman–Crippen LogP) is 4.00. The number of aryl methyl sites for hydroxylation is 1. The van der Waals surface area contributed by atoms with Gasteiger partial charge in [0.1, 0.15) is 5.75 Å². The molecule has 0 N–H and O–H groups in total. The number of carbonyl (C=O) groups is 1. The second-order valence-electron chi connectivity index (χ2n) is 6.50. The Balaban J connectivity index is 1.74. The summed E-state index contributed by atoms with van der Waals surface area (Å²) < 4.78 is 6.79. The lowest BCUT2D eigenvalue weighted by Gasteiger charge is -2.25. The fraction of sp³-hybridized carbons (Fsp3) is 0.350. The highest BCUT2D eigenvalue weighted by molar-refractivity contribution is 9.10. The maximum absolute atomic E-state index is 12.9. The lowest BCUT2D eigenvalue weighted by molar-refractivity contribution is -0.138. The normalized spacial score (nSPS) is 15.4. The molecule has 0 spiro atoms. The SMILES string of the molecule is Cc1ccc(OC(C)C(=O)N2CCN(C)c3ccccc3C2)c(Br)c1. The predicted molar refractivity (Wildman–Crippen MR) is 104 cm³/mol. The summed E-state index contributed by atoms with van der Waals surface area (Å²) in [4.78, 5) is 17.0. The van der Waals surface area contributed by atoms with Gasteiger partial charge in [-0.1, -0.05) is 24.3 Å². The van der Waals surface area contributed by atoms with Crippen LogP contribution in [0.3, 0.4) is 0 Å². The van der Waals surface area contributed by atoms with Gasteiger partial charge in [-0.25, -0.2) is 0 Å². The summed E-state index contributed by atoms with van der Waals surface area (Å²) in [5.74, 6) is 0.705. The van der Waals surface area contributed by atoms with Crippen LogP contribution in [-0.2, 0) is 11.3 Å². The van der Waals surface area contributed by atoms with Crippen molar-refractivity contribution >= 4 is 27.5 Å². The van der Waals surface area contributed by atoms with Crippen molar-refractivity contribution in [1.82, 2.24) is 4.90 Å². The van der Waals surface area contributed by atoms with Crippen LogP contribution in [0, 0.1) is 6.92 Å². The number of halogens is 1. The molecule has 0 saturated heterocycles. The van der Waals surface area contributed by atoms with E-state index >= 15 is 0 Å². The number of nitrogens with zero attached hydrogens (tertiary/aromatic N) is 2. The van der Waals surface area contributed by atoms with E-state index < -0.39 is 6.10 Å². The lowest BCUT2D eigenvalue weighted by atomic mass is 10.1. The third-order valence-electron chi connectivity index (χ3n) is 4.52. The fourth-order valence-corrected chi connectivity index (χ4v) is 3.67. The molecule has 0 radical (unpaired) electrons. The number of fused-ring (bicyclic) bond motifs is 1. The van der Waals surface area contributed by atoms with E-state index in [4.69, 9.17) is 4.74 Å². The first-order valence-corrected chi connectivity index (χ1v) is 9.25. The van der Waals surface area contributed by atoms with Crippen molar-refractivity contribution in [2.24, 2.45) is 0 Å². The standard InChI is InChI=1S/C20H23BrN2O2/c1-14-8-9-19(17(21)12-14)25-15(2)20(24)23-11-10-22(3)18-7-5-4-6-16(18)13-23/h4-9,12,15H,10-11,13H2,1-3H3. The summed E-state index contributed by atoms with van der Waals surface area (Å²) in [5.41, 5.74) is 3.50. The van der Waals surface area contributed by atoms with Crippen LogP contribution < -0.4 is 9.64 Å². The number of likely N-dealkylation sites (N-methyl/N-ethyl adjacent to an activating group) is 1. The van der Waals surface area contributed by atoms with Gasteiger partial charge in [-0.3, -0.25) is 4.79 Å². The zero-order valence-corrected chi connectivity index (χ0v) is 16.4. The van der Waals surface area contributed by atoms with Crippen molar-refractivity contribution in [1.29, 1.82) is 0 Å². The highest BCUT2D eigenvalue weighted by Crippen LogP contribution is 2.28. The van der Waals surface area contributed by atoms with Crippen molar-refractivity contribution < 1.29 is 9.53 Å². The monoisotopic (exact) mass is 402 g/mol. The topological polar surface area (TPSA) is 32.8 Å². The Hall–Kier alpha value is -2.01. The number of benzene rings is 2. The molecule has 0 aliphatic carbocycles. The Morgan fingerprint density at radius 2 is 1.96 bits per heavy atom. The number of hydrogen-bond acceptors (Lipinski definition) is 3. The molecule has 132 valence electrons. The second-order valence-corrected chi connectivity index (χ2v) is 7.36. The molecule has 1 unspecified atom stereocenters. The molecule has 4 nitrogen and oxygen atoms in total. The molecule has 1 amide bonds. The van der Waals surface area contributed by atoms with Crippen LogP contribution in [-0.4, -0.2) is 37.0 Å². The van der Waals surface area contributed by atoms with Gasteiger partial charge in [0.2, 0.25) is 0 Å². The molecule has 5 heteroatoms. The van der Waals surface area contributed by atoms with Gasteiger partial charge < -0.3 is 14.5 Å². The largest absolute Gasteiger partial charge is 0.480 e. The minimum Gasteiger partial charge on any atom is -0.480 e. The van der Waals surface area contributed by atoms with E-state index in [1.807, 2.05) is 49.1 Å².